The first-order chi connectivity index (χ1) is 9.36. The molecule has 0 aliphatic carbocycles. The minimum atomic E-state index is -0.302. The van der Waals surface area contributed by atoms with Crippen molar-refractivity contribution >= 4 is 11.6 Å². The van der Waals surface area contributed by atoms with Gasteiger partial charge in [0.1, 0.15) is 23.4 Å². The van der Waals surface area contributed by atoms with Crippen LogP contribution in [0.3, 0.4) is 0 Å². The molecular weight excluding hydrogens is 279 g/mol. The Hall–Kier alpha value is -1.68. The summed E-state index contributed by atoms with van der Waals surface area (Å²) in [5, 5.41) is 0.313. The van der Waals surface area contributed by atoms with Crippen molar-refractivity contribution in [2.45, 2.75) is 32.8 Å². The largest absolute Gasteiger partial charge is 0.473 e. The van der Waals surface area contributed by atoms with Crippen LogP contribution in [0.15, 0.2) is 30.3 Å². The highest BCUT2D eigenvalue weighted by Gasteiger charge is 2.19. The van der Waals surface area contributed by atoms with Gasteiger partial charge >= 0.3 is 0 Å². The molecule has 106 valence electrons. The van der Waals surface area contributed by atoms with Gasteiger partial charge in [0.15, 0.2) is 0 Å². The van der Waals surface area contributed by atoms with Crippen LogP contribution in [-0.2, 0) is 12.0 Å². The Bertz CT molecular complexity index is 611. The van der Waals surface area contributed by atoms with Gasteiger partial charge in [0.05, 0.1) is 0 Å². The topological polar surface area (TPSA) is 35.0 Å². The highest BCUT2D eigenvalue weighted by molar-refractivity contribution is 6.29. The van der Waals surface area contributed by atoms with Gasteiger partial charge in [-0.25, -0.2) is 9.37 Å². The molecule has 1 aromatic carbocycles. The summed E-state index contributed by atoms with van der Waals surface area (Å²) in [6.07, 6.45) is 0. The Morgan fingerprint density at radius 2 is 1.90 bits per heavy atom. The van der Waals surface area contributed by atoms with Crippen LogP contribution in [0, 0.1) is 5.82 Å². The van der Waals surface area contributed by atoms with Crippen molar-refractivity contribution in [3.63, 3.8) is 0 Å². The number of nitrogens with zero attached hydrogens (tertiary/aromatic N) is 2. The number of aromatic nitrogens is 2. The van der Waals surface area contributed by atoms with E-state index in [1.807, 2.05) is 20.8 Å². The number of ether oxygens (including phenoxy) is 1. The quantitative estimate of drug-likeness (QED) is 0.798. The summed E-state index contributed by atoms with van der Waals surface area (Å²) in [5.74, 6) is 0.635. The van der Waals surface area contributed by atoms with E-state index in [9.17, 15) is 4.39 Å². The van der Waals surface area contributed by atoms with Crippen molar-refractivity contribution in [3.05, 3.63) is 52.7 Å². The molecule has 2 rings (SSSR count). The van der Waals surface area contributed by atoms with E-state index in [4.69, 9.17) is 16.3 Å². The molecule has 0 radical (unpaired) electrons. The molecule has 3 nitrogen and oxygen atoms in total. The molecule has 20 heavy (non-hydrogen) atoms. The molecule has 0 spiro atoms. The molecule has 2 aromatic rings. The van der Waals surface area contributed by atoms with Gasteiger partial charge < -0.3 is 4.74 Å². The number of benzene rings is 1. The van der Waals surface area contributed by atoms with Crippen LogP contribution < -0.4 is 4.74 Å². The van der Waals surface area contributed by atoms with Crippen molar-refractivity contribution in [3.8, 4) is 5.88 Å². The fourth-order valence-corrected chi connectivity index (χ4v) is 1.75. The molecule has 1 aromatic heterocycles. The molecule has 0 unspecified atom stereocenters. The van der Waals surface area contributed by atoms with E-state index in [0.29, 0.717) is 22.4 Å². The molecule has 0 atom stereocenters. The van der Waals surface area contributed by atoms with E-state index >= 15 is 0 Å². The molecule has 0 bridgehead atoms. The van der Waals surface area contributed by atoms with Crippen molar-refractivity contribution in [2.75, 3.05) is 0 Å². The second-order valence-corrected chi connectivity index (χ2v) is 5.87. The second kappa shape index (κ2) is 5.75. The van der Waals surface area contributed by atoms with E-state index in [0.717, 1.165) is 0 Å². The van der Waals surface area contributed by atoms with Crippen LogP contribution in [0.1, 0.15) is 32.2 Å². The summed E-state index contributed by atoms with van der Waals surface area (Å²) in [5.41, 5.74) is 0.237. The smallest absolute Gasteiger partial charge is 0.218 e. The Labute approximate surface area is 122 Å². The highest BCUT2D eigenvalue weighted by Crippen LogP contribution is 2.23. The molecule has 5 heteroatoms. The predicted octanol–water partition coefficient (Wildman–Crippen LogP) is 4.15. The van der Waals surface area contributed by atoms with E-state index in [2.05, 4.69) is 9.97 Å². The zero-order valence-electron chi connectivity index (χ0n) is 11.7. The van der Waals surface area contributed by atoms with Crippen molar-refractivity contribution in [1.82, 2.24) is 9.97 Å². The summed E-state index contributed by atoms with van der Waals surface area (Å²) in [6.45, 7) is 6.06. The van der Waals surface area contributed by atoms with Crippen molar-refractivity contribution in [2.24, 2.45) is 0 Å². The lowest BCUT2D eigenvalue weighted by Gasteiger charge is -2.17. The number of rotatable bonds is 3. The SMILES string of the molecule is CC(C)(C)c1nc(Cl)cc(OCc2ccccc2F)n1. The fraction of sp³-hybridized carbons (Fsp3) is 0.333. The average Bonchev–Trinajstić information content (AvgIpc) is 2.36. The summed E-state index contributed by atoms with van der Waals surface area (Å²) in [6, 6.07) is 7.99. The zero-order chi connectivity index (χ0) is 14.8. The van der Waals surface area contributed by atoms with E-state index < -0.39 is 0 Å². The normalized spacial score (nSPS) is 11.4. The van der Waals surface area contributed by atoms with E-state index in [1.54, 1.807) is 18.2 Å². The number of hydrogen-bond acceptors (Lipinski definition) is 3. The summed E-state index contributed by atoms with van der Waals surface area (Å²) in [4.78, 5) is 8.49. The minimum Gasteiger partial charge on any atom is -0.473 e. The van der Waals surface area contributed by atoms with Gasteiger partial charge in [-0.1, -0.05) is 50.6 Å². The lowest BCUT2D eigenvalue weighted by Crippen LogP contribution is -2.16. The third kappa shape index (κ3) is 3.67. The molecule has 0 amide bonds. The lowest BCUT2D eigenvalue weighted by molar-refractivity contribution is 0.284. The molecular formula is C15H16ClFN2O. The number of hydrogen-bond donors (Lipinski definition) is 0. The predicted molar refractivity (Wildman–Crippen MR) is 76.5 cm³/mol. The maximum atomic E-state index is 13.5. The second-order valence-electron chi connectivity index (χ2n) is 5.48. The van der Waals surface area contributed by atoms with Gasteiger partial charge in [-0.05, 0) is 6.07 Å². The van der Waals surface area contributed by atoms with Gasteiger partial charge in [-0.3, -0.25) is 0 Å². The van der Waals surface area contributed by atoms with E-state index in [1.165, 1.54) is 12.1 Å². The monoisotopic (exact) mass is 294 g/mol. The first-order valence-electron chi connectivity index (χ1n) is 6.27. The van der Waals surface area contributed by atoms with Crippen LogP contribution in [0.4, 0.5) is 4.39 Å². The average molecular weight is 295 g/mol. The van der Waals surface area contributed by atoms with Gasteiger partial charge in [-0.15, -0.1) is 0 Å². The zero-order valence-corrected chi connectivity index (χ0v) is 12.4. The summed E-state index contributed by atoms with van der Waals surface area (Å²) >= 11 is 5.96. The molecule has 0 aliphatic rings. The van der Waals surface area contributed by atoms with Gasteiger partial charge in [-0.2, -0.15) is 4.98 Å². The molecule has 0 N–H and O–H groups in total. The van der Waals surface area contributed by atoms with Crippen LogP contribution >= 0.6 is 11.6 Å². The summed E-state index contributed by atoms with van der Waals surface area (Å²) in [7, 11) is 0. The first-order valence-corrected chi connectivity index (χ1v) is 6.65. The Morgan fingerprint density at radius 1 is 1.20 bits per heavy atom. The van der Waals surface area contributed by atoms with E-state index in [-0.39, 0.29) is 17.8 Å². The maximum Gasteiger partial charge on any atom is 0.218 e. The van der Waals surface area contributed by atoms with Gasteiger partial charge in [0, 0.05) is 17.0 Å². The van der Waals surface area contributed by atoms with Crippen molar-refractivity contribution < 1.29 is 9.13 Å². The molecule has 1 heterocycles. The summed E-state index contributed by atoms with van der Waals surface area (Å²) < 4.78 is 19.0. The van der Waals surface area contributed by atoms with Crippen LogP contribution in [0.25, 0.3) is 0 Å². The van der Waals surface area contributed by atoms with Crippen LogP contribution in [-0.4, -0.2) is 9.97 Å². The third-order valence-electron chi connectivity index (χ3n) is 2.68. The standard InChI is InChI=1S/C15H16ClFN2O/c1-15(2,3)14-18-12(16)8-13(19-14)20-9-10-6-4-5-7-11(10)17/h4-8H,9H2,1-3H3. The van der Waals surface area contributed by atoms with Gasteiger partial charge in [0.25, 0.3) is 0 Å². The van der Waals surface area contributed by atoms with Crippen LogP contribution in [0.2, 0.25) is 5.15 Å². The molecule has 0 fully saturated rings. The Balaban J connectivity index is 2.18. The lowest BCUT2D eigenvalue weighted by atomic mass is 9.96. The fourth-order valence-electron chi connectivity index (χ4n) is 1.57. The molecule has 0 saturated carbocycles. The number of halogens is 2. The Kier molecular flexibility index (Phi) is 4.23. The minimum absolute atomic E-state index is 0.101. The van der Waals surface area contributed by atoms with Crippen LogP contribution in [0.5, 0.6) is 5.88 Å². The maximum absolute atomic E-state index is 13.5. The highest BCUT2D eigenvalue weighted by atomic mass is 35.5. The molecule has 0 aliphatic heterocycles. The first kappa shape index (κ1) is 14.7. The Morgan fingerprint density at radius 3 is 2.55 bits per heavy atom. The third-order valence-corrected chi connectivity index (χ3v) is 2.87. The van der Waals surface area contributed by atoms with Crippen molar-refractivity contribution in [1.29, 1.82) is 0 Å². The molecule has 0 saturated heterocycles. The van der Waals surface area contributed by atoms with Gasteiger partial charge in [0.2, 0.25) is 5.88 Å².